The van der Waals surface area contributed by atoms with Crippen molar-refractivity contribution in [1.29, 1.82) is 0 Å². The first-order chi connectivity index (χ1) is 15.0. The molecule has 9 heteroatoms. The van der Waals surface area contributed by atoms with Crippen molar-refractivity contribution >= 4 is 34.7 Å². The van der Waals surface area contributed by atoms with Crippen LogP contribution in [0.3, 0.4) is 0 Å². The van der Waals surface area contributed by atoms with Gasteiger partial charge in [0.2, 0.25) is 0 Å². The fourth-order valence-electron chi connectivity index (χ4n) is 3.49. The van der Waals surface area contributed by atoms with Crippen LogP contribution < -0.4 is 24.4 Å². The van der Waals surface area contributed by atoms with Gasteiger partial charge in [-0.05, 0) is 36.6 Å². The number of carbonyl (C=O) groups is 1. The maximum absolute atomic E-state index is 13.5. The summed E-state index contributed by atoms with van der Waals surface area (Å²) in [5.74, 6) is 0.753. The first kappa shape index (κ1) is 21.1. The molecule has 2 aromatic heterocycles. The van der Waals surface area contributed by atoms with E-state index in [1.807, 2.05) is 23.6 Å². The second-order valence-electron chi connectivity index (χ2n) is 6.70. The lowest BCUT2D eigenvalue weighted by atomic mass is 10.0. The minimum atomic E-state index is -0.580. The standard InChI is InChI=1S/C22H20N2O5S2/c1-12-18(21(26)29-4)19(16-6-5-9-30-16)24-20(25)17(31-22(24)23-12)10-13-7-8-14(27-2)11-15(13)28-3/h5-11,19H,1-4H3/b17-10-/t19-/m0/s1. The Balaban J connectivity index is 1.94. The molecule has 0 fully saturated rings. The van der Waals surface area contributed by atoms with Gasteiger partial charge in [0, 0.05) is 16.5 Å². The summed E-state index contributed by atoms with van der Waals surface area (Å²) in [7, 11) is 4.48. The van der Waals surface area contributed by atoms with Crippen molar-refractivity contribution in [2.75, 3.05) is 21.3 Å². The van der Waals surface area contributed by atoms with Gasteiger partial charge in [-0.1, -0.05) is 17.4 Å². The van der Waals surface area contributed by atoms with Crippen LogP contribution in [0.15, 0.2) is 56.8 Å². The molecule has 1 atom stereocenters. The molecule has 3 aromatic rings. The molecule has 0 aliphatic carbocycles. The van der Waals surface area contributed by atoms with E-state index >= 15 is 0 Å². The zero-order valence-corrected chi connectivity index (χ0v) is 19.0. The van der Waals surface area contributed by atoms with Gasteiger partial charge in [-0.2, -0.15) is 0 Å². The molecule has 0 radical (unpaired) electrons. The number of ether oxygens (including phenoxy) is 3. The maximum atomic E-state index is 13.5. The lowest BCUT2D eigenvalue weighted by Crippen LogP contribution is -2.39. The molecule has 0 saturated carbocycles. The fourth-order valence-corrected chi connectivity index (χ4v) is 5.35. The molecule has 3 heterocycles. The summed E-state index contributed by atoms with van der Waals surface area (Å²) < 4.78 is 17.8. The maximum Gasteiger partial charge on any atom is 0.338 e. The van der Waals surface area contributed by atoms with Crippen molar-refractivity contribution in [2.24, 2.45) is 4.99 Å². The molecule has 160 valence electrons. The quantitative estimate of drug-likeness (QED) is 0.551. The first-order valence-electron chi connectivity index (χ1n) is 9.34. The number of methoxy groups -OCH3 is 3. The van der Waals surface area contributed by atoms with Gasteiger partial charge in [0.15, 0.2) is 4.80 Å². The highest BCUT2D eigenvalue weighted by Crippen LogP contribution is 2.33. The van der Waals surface area contributed by atoms with Crippen LogP contribution in [-0.2, 0) is 9.53 Å². The number of allylic oxidation sites excluding steroid dienone is 1. The second kappa shape index (κ2) is 8.52. The van der Waals surface area contributed by atoms with E-state index in [1.54, 1.807) is 43.9 Å². The molecular formula is C22H20N2O5S2. The Kier molecular flexibility index (Phi) is 5.79. The van der Waals surface area contributed by atoms with Gasteiger partial charge in [0.1, 0.15) is 17.5 Å². The number of hydrogen-bond acceptors (Lipinski definition) is 8. The molecule has 1 aromatic carbocycles. The third kappa shape index (κ3) is 3.70. The Morgan fingerprint density at radius 1 is 1.19 bits per heavy atom. The zero-order valence-electron chi connectivity index (χ0n) is 17.4. The Morgan fingerprint density at radius 2 is 2.00 bits per heavy atom. The Labute approximate surface area is 186 Å². The van der Waals surface area contributed by atoms with E-state index < -0.39 is 12.0 Å². The van der Waals surface area contributed by atoms with E-state index in [0.29, 0.717) is 32.1 Å². The summed E-state index contributed by atoms with van der Waals surface area (Å²) in [5.41, 5.74) is 1.42. The topological polar surface area (TPSA) is 79.1 Å². The van der Waals surface area contributed by atoms with Crippen LogP contribution in [0.1, 0.15) is 23.4 Å². The number of rotatable bonds is 5. The number of thiophene rings is 1. The largest absolute Gasteiger partial charge is 0.497 e. The third-order valence-corrected chi connectivity index (χ3v) is 6.87. The highest BCUT2D eigenvalue weighted by Gasteiger charge is 2.33. The number of thiazole rings is 1. The van der Waals surface area contributed by atoms with Gasteiger partial charge in [-0.15, -0.1) is 11.3 Å². The normalized spacial score (nSPS) is 16.0. The lowest BCUT2D eigenvalue weighted by molar-refractivity contribution is -0.136. The molecule has 4 rings (SSSR count). The molecule has 1 aliphatic heterocycles. The van der Waals surface area contributed by atoms with Gasteiger partial charge in [0.25, 0.3) is 5.56 Å². The average molecular weight is 457 g/mol. The van der Waals surface area contributed by atoms with E-state index in [2.05, 4.69) is 4.99 Å². The van der Waals surface area contributed by atoms with Crippen molar-refractivity contribution in [3.05, 3.63) is 77.1 Å². The predicted molar refractivity (Wildman–Crippen MR) is 120 cm³/mol. The van der Waals surface area contributed by atoms with Crippen molar-refractivity contribution in [2.45, 2.75) is 13.0 Å². The Hall–Kier alpha value is -3.17. The summed E-state index contributed by atoms with van der Waals surface area (Å²) in [4.78, 5) is 32.0. The van der Waals surface area contributed by atoms with Crippen LogP contribution in [0.25, 0.3) is 6.08 Å². The van der Waals surface area contributed by atoms with Gasteiger partial charge in [-0.3, -0.25) is 9.36 Å². The number of esters is 1. The molecule has 0 amide bonds. The molecule has 0 bridgehead atoms. The SMILES string of the molecule is COC(=O)C1=C(C)N=c2s/c(=C\c3ccc(OC)cc3OC)c(=O)n2[C@H]1c1cccs1. The van der Waals surface area contributed by atoms with Crippen LogP contribution in [0, 0.1) is 0 Å². The van der Waals surface area contributed by atoms with Gasteiger partial charge < -0.3 is 14.2 Å². The number of nitrogens with zero attached hydrogens (tertiary/aromatic N) is 2. The number of aromatic nitrogens is 1. The highest BCUT2D eigenvalue weighted by molar-refractivity contribution is 7.10. The van der Waals surface area contributed by atoms with E-state index in [1.165, 1.54) is 29.8 Å². The lowest BCUT2D eigenvalue weighted by Gasteiger charge is -2.22. The molecule has 0 spiro atoms. The van der Waals surface area contributed by atoms with Crippen molar-refractivity contribution in [3.8, 4) is 11.5 Å². The summed E-state index contributed by atoms with van der Waals surface area (Å²) in [6, 6.07) is 8.61. The van der Waals surface area contributed by atoms with Crippen molar-refractivity contribution in [3.63, 3.8) is 0 Å². The highest BCUT2D eigenvalue weighted by atomic mass is 32.1. The summed E-state index contributed by atoms with van der Waals surface area (Å²) >= 11 is 2.75. The summed E-state index contributed by atoms with van der Waals surface area (Å²) in [6.07, 6.45) is 1.77. The molecular weight excluding hydrogens is 436 g/mol. The number of fused-ring (bicyclic) bond motifs is 1. The van der Waals surface area contributed by atoms with Crippen molar-refractivity contribution < 1.29 is 19.0 Å². The minimum Gasteiger partial charge on any atom is -0.497 e. The number of benzene rings is 1. The van der Waals surface area contributed by atoms with Crippen LogP contribution in [0.4, 0.5) is 0 Å². The van der Waals surface area contributed by atoms with Gasteiger partial charge in [0.05, 0.1) is 37.1 Å². The van der Waals surface area contributed by atoms with Crippen LogP contribution in [-0.4, -0.2) is 31.9 Å². The van der Waals surface area contributed by atoms with Crippen LogP contribution >= 0.6 is 22.7 Å². The smallest absolute Gasteiger partial charge is 0.338 e. The molecule has 7 nitrogen and oxygen atoms in total. The Morgan fingerprint density at radius 3 is 2.65 bits per heavy atom. The molecule has 31 heavy (non-hydrogen) atoms. The monoisotopic (exact) mass is 456 g/mol. The number of carbonyl (C=O) groups excluding carboxylic acids is 1. The third-order valence-electron chi connectivity index (χ3n) is 4.97. The van der Waals surface area contributed by atoms with Gasteiger partial charge >= 0.3 is 5.97 Å². The summed E-state index contributed by atoms with van der Waals surface area (Å²) in [6.45, 7) is 1.76. The van der Waals surface area contributed by atoms with Gasteiger partial charge in [-0.25, -0.2) is 9.79 Å². The van der Waals surface area contributed by atoms with Crippen LogP contribution in [0.2, 0.25) is 0 Å². The zero-order chi connectivity index (χ0) is 22.1. The van der Waals surface area contributed by atoms with E-state index in [9.17, 15) is 9.59 Å². The van der Waals surface area contributed by atoms with E-state index in [0.717, 1.165) is 10.4 Å². The van der Waals surface area contributed by atoms with Crippen LogP contribution in [0.5, 0.6) is 11.5 Å². The number of hydrogen-bond donors (Lipinski definition) is 0. The van der Waals surface area contributed by atoms with E-state index in [4.69, 9.17) is 14.2 Å². The summed E-state index contributed by atoms with van der Waals surface area (Å²) in [5, 5.41) is 1.91. The Bertz CT molecular complexity index is 1350. The average Bonchev–Trinajstić information content (AvgIpc) is 3.41. The molecule has 0 N–H and O–H groups in total. The molecule has 1 aliphatic rings. The minimum absolute atomic E-state index is 0.228. The molecule has 0 unspecified atom stereocenters. The van der Waals surface area contributed by atoms with Crippen molar-refractivity contribution in [1.82, 2.24) is 4.57 Å². The second-order valence-corrected chi connectivity index (χ2v) is 8.69. The molecule has 0 saturated heterocycles. The first-order valence-corrected chi connectivity index (χ1v) is 11.0. The predicted octanol–water partition coefficient (Wildman–Crippen LogP) is 2.49. The van der Waals surface area contributed by atoms with E-state index in [-0.39, 0.29) is 5.56 Å². The fraction of sp³-hybridized carbons (Fsp3) is 0.227.